The highest BCUT2D eigenvalue weighted by molar-refractivity contribution is 7.98. The maximum Gasteiger partial charge on any atom is 0.260 e. The molecule has 0 fully saturated rings. The van der Waals surface area contributed by atoms with Crippen LogP contribution in [-0.2, 0) is 17.0 Å². The molecule has 2 amide bonds. The molecule has 0 radical (unpaired) electrons. The van der Waals surface area contributed by atoms with E-state index in [4.69, 9.17) is 9.47 Å². The number of methoxy groups -OCH3 is 2. The van der Waals surface area contributed by atoms with E-state index in [-0.39, 0.29) is 18.2 Å². The molecule has 0 unspecified atom stereocenters. The number of carbonyl (C=O) groups is 2. The number of carbonyl (C=O) groups excluding carboxylic acids is 2. The fourth-order valence-corrected chi connectivity index (χ4v) is 3.71. The van der Waals surface area contributed by atoms with E-state index in [1.165, 1.54) is 4.90 Å². The number of hydrogen-bond donors (Lipinski definition) is 0. The third-order valence-corrected chi connectivity index (χ3v) is 5.54. The van der Waals surface area contributed by atoms with Crippen molar-refractivity contribution in [2.75, 3.05) is 26.5 Å². The zero-order valence-corrected chi connectivity index (χ0v) is 18.7. The number of nitrogens with zero attached hydrogens (tertiary/aromatic N) is 1. The minimum atomic E-state index is -0.269. The standard InChI is InChI=1S/C24H29NO4S/c1-5-7-14-25(24(27)20-11-9-8-10-19(20)17-30-6-2)23(26)16-18-12-13-21(28-3)22(15-18)29-4/h5,8-13,15H,1,6-7,14,16-17H2,2-4H3. The molecule has 0 N–H and O–H groups in total. The molecular weight excluding hydrogens is 398 g/mol. The van der Waals surface area contributed by atoms with Crippen LogP contribution >= 0.6 is 11.8 Å². The Morgan fingerprint density at radius 2 is 1.83 bits per heavy atom. The number of imide groups is 1. The van der Waals surface area contributed by atoms with Crippen molar-refractivity contribution in [3.8, 4) is 11.5 Å². The molecule has 5 nitrogen and oxygen atoms in total. The number of thioether (sulfide) groups is 1. The summed E-state index contributed by atoms with van der Waals surface area (Å²) in [4.78, 5) is 27.7. The van der Waals surface area contributed by atoms with Gasteiger partial charge < -0.3 is 9.47 Å². The monoisotopic (exact) mass is 427 g/mol. The normalized spacial score (nSPS) is 10.4. The SMILES string of the molecule is C=CCCN(C(=O)Cc1ccc(OC)c(OC)c1)C(=O)c1ccccc1CSCC. The van der Waals surface area contributed by atoms with Crippen molar-refractivity contribution in [2.45, 2.75) is 25.5 Å². The van der Waals surface area contributed by atoms with Crippen LogP contribution in [-0.4, -0.2) is 43.2 Å². The Morgan fingerprint density at radius 1 is 1.10 bits per heavy atom. The summed E-state index contributed by atoms with van der Waals surface area (Å²) in [5.74, 6) is 2.31. The Morgan fingerprint density at radius 3 is 2.50 bits per heavy atom. The summed E-state index contributed by atoms with van der Waals surface area (Å²) in [7, 11) is 3.11. The van der Waals surface area contributed by atoms with Crippen LogP contribution in [0.1, 0.15) is 34.8 Å². The van der Waals surface area contributed by atoms with Crippen LogP contribution in [0, 0.1) is 0 Å². The van der Waals surface area contributed by atoms with E-state index in [9.17, 15) is 9.59 Å². The molecular formula is C24H29NO4S. The predicted octanol–water partition coefficient (Wildman–Crippen LogP) is 4.74. The largest absolute Gasteiger partial charge is 0.493 e. The van der Waals surface area contributed by atoms with Crippen molar-refractivity contribution in [3.63, 3.8) is 0 Å². The van der Waals surface area contributed by atoms with E-state index in [2.05, 4.69) is 13.5 Å². The summed E-state index contributed by atoms with van der Waals surface area (Å²) in [6, 6.07) is 12.8. The van der Waals surface area contributed by atoms with Gasteiger partial charge >= 0.3 is 0 Å². The highest BCUT2D eigenvalue weighted by Crippen LogP contribution is 2.28. The zero-order chi connectivity index (χ0) is 21.9. The van der Waals surface area contributed by atoms with E-state index in [1.807, 2.05) is 18.2 Å². The third-order valence-electron chi connectivity index (χ3n) is 4.62. The molecule has 30 heavy (non-hydrogen) atoms. The van der Waals surface area contributed by atoms with E-state index in [0.717, 1.165) is 22.6 Å². The van der Waals surface area contributed by atoms with Gasteiger partial charge in [0.25, 0.3) is 5.91 Å². The van der Waals surface area contributed by atoms with Crippen molar-refractivity contribution in [3.05, 3.63) is 71.8 Å². The average Bonchev–Trinajstić information content (AvgIpc) is 2.77. The number of benzene rings is 2. The second-order valence-electron chi connectivity index (χ2n) is 6.59. The first-order valence-corrected chi connectivity index (χ1v) is 11.0. The molecule has 0 spiro atoms. The van der Waals surface area contributed by atoms with Gasteiger partial charge in [-0.2, -0.15) is 11.8 Å². The van der Waals surface area contributed by atoms with Crippen molar-refractivity contribution < 1.29 is 19.1 Å². The van der Waals surface area contributed by atoms with Gasteiger partial charge in [0.15, 0.2) is 11.5 Å². The van der Waals surface area contributed by atoms with Gasteiger partial charge in [0.2, 0.25) is 5.91 Å². The Bertz CT molecular complexity index is 881. The quantitative estimate of drug-likeness (QED) is 0.485. The Labute approximate surface area is 183 Å². The predicted molar refractivity (Wildman–Crippen MR) is 122 cm³/mol. The van der Waals surface area contributed by atoms with Crippen LogP contribution in [0.4, 0.5) is 0 Å². The topological polar surface area (TPSA) is 55.8 Å². The summed E-state index contributed by atoms with van der Waals surface area (Å²) in [5, 5.41) is 0. The van der Waals surface area contributed by atoms with Crippen LogP contribution < -0.4 is 9.47 Å². The molecule has 0 aliphatic heterocycles. The molecule has 0 aromatic heterocycles. The number of ether oxygens (including phenoxy) is 2. The van der Waals surface area contributed by atoms with E-state index in [1.54, 1.807) is 56.3 Å². The van der Waals surface area contributed by atoms with Crippen molar-refractivity contribution in [1.29, 1.82) is 0 Å². The van der Waals surface area contributed by atoms with Crippen LogP contribution in [0.3, 0.4) is 0 Å². The average molecular weight is 428 g/mol. The van der Waals surface area contributed by atoms with E-state index >= 15 is 0 Å². The maximum atomic E-state index is 13.3. The summed E-state index contributed by atoms with van der Waals surface area (Å²) in [6.07, 6.45) is 2.34. The van der Waals surface area contributed by atoms with Gasteiger partial charge in [-0.05, 0) is 41.5 Å². The summed E-state index contributed by atoms with van der Waals surface area (Å²) < 4.78 is 10.6. The van der Waals surface area contributed by atoms with Gasteiger partial charge in [-0.25, -0.2) is 0 Å². The Kier molecular flexibility index (Phi) is 9.48. The first kappa shape index (κ1) is 23.5. The van der Waals surface area contributed by atoms with Crippen molar-refractivity contribution in [1.82, 2.24) is 4.90 Å². The molecule has 0 heterocycles. The molecule has 160 valence electrons. The summed E-state index contributed by atoms with van der Waals surface area (Å²) in [5.41, 5.74) is 2.27. The van der Waals surface area contributed by atoms with Gasteiger partial charge in [0.1, 0.15) is 0 Å². The van der Waals surface area contributed by atoms with Gasteiger partial charge in [-0.15, -0.1) is 6.58 Å². The summed E-state index contributed by atoms with van der Waals surface area (Å²) >= 11 is 1.74. The van der Waals surface area contributed by atoms with Crippen LogP contribution in [0.15, 0.2) is 55.1 Å². The number of hydrogen-bond acceptors (Lipinski definition) is 5. The fraction of sp³-hybridized carbons (Fsp3) is 0.333. The molecule has 0 atom stereocenters. The molecule has 2 aromatic carbocycles. The Balaban J connectivity index is 2.28. The van der Waals surface area contributed by atoms with E-state index in [0.29, 0.717) is 30.0 Å². The van der Waals surface area contributed by atoms with Gasteiger partial charge in [0.05, 0.1) is 20.6 Å². The Hall–Kier alpha value is -2.73. The smallest absolute Gasteiger partial charge is 0.260 e. The van der Waals surface area contributed by atoms with Crippen molar-refractivity contribution in [2.24, 2.45) is 0 Å². The van der Waals surface area contributed by atoms with Crippen LogP contribution in [0.2, 0.25) is 0 Å². The molecule has 2 aromatic rings. The molecule has 0 saturated carbocycles. The first-order valence-electron chi connectivity index (χ1n) is 9.87. The molecule has 0 aliphatic carbocycles. The lowest BCUT2D eigenvalue weighted by Gasteiger charge is -2.22. The molecule has 6 heteroatoms. The highest BCUT2D eigenvalue weighted by Gasteiger charge is 2.24. The first-order chi connectivity index (χ1) is 14.5. The summed E-state index contributed by atoms with van der Waals surface area (Å²) in [6.45, 7) is 6.10. The minimum Gasteiger partial charge on any atom is -0.493 e. The van der Waals surface area contributed by atoms with Gasteiger partial charge in [0, 0.05) is 17.9 Å². The lowest BCUT2D eigenvalue weighted by Crippen LogP contribution is -2.39. The second-order valence-corrected chi connectivity index (χ2v) is 7.86. The fourth-order valence-electron chi connectivity index (χ4n) is 3.03. The van der Waals surface area contributed by atoms with Gasteiger partial charge in [-0.3, -0.25) is 14.5 Å². The lowest BCUT2D eigenvalue weighted by atomic mass is 10.1. The number of rotatable bonds is 11. The van der Waals surface area contributed by atoms with Gasteiger partial charge in [-0.1, -0.05) is 37.3 Å². The molecule has 0 bridgehead atoms. The number of amides is 2. The third kappa shape index (κ3) is 6.13. The highest BCUT2D eigenvalue weighted by atomic mass is 32.2. The molecule has 0 saturated heterocycles. The van der Waals surface area contributed by atoms with E-state index < -0.39 is 0 Å². The molecule has 2 rings (SSSR count). The minimum absolute atomic E-state index is 0.0924. The van der Waals surface area contributed by atoms with Crippen molar-refractivity contribution >= 4 is 23.6 Å². The lowest BCUT2D eigenvalue weighted by molar-refractivity contribution is -0.127. The van der Waals surface area contributed by atoms with Crippen LogP contribution in [0.25, 0.3) is 0 Å². The van der Waals surface area contributed by atoms with Crippen LogP contribution in [0.5, 0.6) is 11.5 Å². The zero-order valence-electron chi connectivity index (χ0n) is 17.8. The second kappa shape index (κ2) is 12.1. The maximum absolute atomic E-state index is 13.3. The molecule has 0 aliphatic rings.